The van der Waals surface area contributed by atoms with Crippen molar-refractivity contribution < 1.29 is 0 Å². The highest BCUT2D eigenvalue weighted by molar-refractivity contribution is 7.71. The molecule has 0 spiro atoms. The van der Waals surface area contributed by atoms with E-state index in [4.69, 9.17) is 12.2 Å². The number of nitrogens with one attached hydrogen (secondary N) is 2. The van der Waals surface area contributed by atoms with Crippen molar-refractivity contribution in [1.29, 1.82) is 0 Å². The van der Waals surface area contributed by atoms with Crippen LogP contribution in [-0.4, -0.2) is 36.3 Å². The smallest absolute Gasteiger partial charge is 0.216 e. The molecule has 1 aromatic carbocycles. The van der Waals surface area contributed by atoms with E-state index in [1.54, 1.807) is 12.4 Å². The van der Waals surface area contributed by atoms with Crippen LogP contribution in [0.15, 0.2) is 65.9 Å². The summed E-state index contributed by atoms with van der Waals surface area (Å²) in [7, 11) is 0. The summed E-state index contributed by atoms with van der Waals surface area (Å²) in [5.74, 6) is 0.548. The summed E-state index contributed by atoms with van der Waals surface area (Å²) in [6, 6.07) is 17.4. The number of rotatable bonds is 4. The van der Waals surface area contributed by atoms with E-state index in [0.717, 1.165) is 17.0 Å². The molecule has 0 saturated carbocycles. The molecule has 0 aliphatic heterocycles. The van der Waals surface area contributed by atoms with Gasteiger partial charge in [0, 0.05) is 11.8 Å². The summed E-state index contributed by atoms with van der Waals surface area (Å²) in [5, 5.41) is 18.7. The molecule has 2 N–H and O–H groups in total. The zero-order chi connectivity index (χ0) is 17.1. The summed E-state index contributed by atoms with van der Waals surface area (Å²) < 4.78 is 1.92. The van der Waals surface area contributed by atoms with Crippen molar-refractivity contribution in [3.63, 3.8) is 0 Å². The van der Waals surface area contributed by atoms with E-state index in [2.05, 4.69) is 30.5 Å². The van der Waals surface area contributed by atoms with Gasteiger partial charge in [0.2, 0.25) is 10.6 Å². The molecule has 0 saturated heterocycles. The minimum absolute atomic E-state index is 0.387. The van der Waals surface area contributed by atoms with E-state index < -0.39 is 0 Å². The van der Waals surface area contributed by atoms with Gasteiger partial charge in [-0.1, -0.05) is 36.4 Å². The van der Waals surface area contributed by atoms with Crippen LogP contribution in [-0.2, 0) is 0 Å². The molecule has 0 fully saturated rings. The minimum atomic E-state index is 0.387. The van der Waals surface area contributed by atoms with Crippen molar-refractivity contribution in [3.05, 3.63) is 71.3 Å². The Morgan fingerprint density at radius 3 is 2.64 bits per heavy atom. The number of benzene rings is 1. The van der Waals surface area contributed by atoms with Crippen LogP contribution in [0.4, 0.5) is 0 Å². The predicted octanol–water partition coefficient (Wildman–Crippen LogP) is 3.27. The van der Waals surface area contributed by atoms with Gasteiger partial charge in [-0.3, -0.25) is 10.1 Å². The van der Waals surface area contributed by atoms with Gasteiger partial charge in [0.15, 0.2) is 0 Å². The molecule has 0 bridgehead atoms. The minimum Gasteiger partial charge on any atom is -0.274 e. The van der Waals surface area contributed by atoms with Gasteiger partial charge in [0.25, 0.3) is 0 Å². The van der Waals surface area contributed by atoms with Gasteiger partial charge in [0.1, 0.15) is 5.69 Å². The highest BCUT2D eigenvalue weighted by Gasteiger charge is 2.12. The van der Waals surface area contributed by atoms with Crippen LogP contribution in [0.3, 0.4) is 0 Å². The highest BCUT2D eigenvalue weighted by Crippen LogP contribution is 2.22. The average Bonchev–Trinajstić information content (AvgIpc) is 3.28. The molecule has 0 amide bonds. The Labute approximate surface area is 148 Å². The lowest BCUT2D eigenvalue weighted by Crippen LogP contribution is -1.96. The third-order valence-corrected chi connectivity index (χ3v) is 3.80. The second-order valence-corrected chi connectivity index (χ2v) is 5.58. The first-order valence-corrected chi connectivity index (χ1v) is 7.96. The molecule has 4 rings (SSSR count). The number of hydrogen-bond acceptors (Lipinski definition) is 5. The summed E-state index contributed by atoms with van der Waals surface area (Å²) in [6.07, 6.45) is 3.33. The van der Waals surface area contributed by atoms with Gasteiger partial charge in [0.05, 0.1) is 17.6 Å². The summed E-state index contributed by atoms with van der Waals surface area (Å²) in [6.45, 7) is 0. The molecule has 3 heterocycles. The van der Waals surface area contributed by atoms with Gasteiger partial charge < -0.3 is 0 Å². The third kappa shape index (κ3) is 3.15. The van der Waals surface area contributed by atoms with Gasteiger partial charge >= 0.3 is 0 Å². The Kier molecular flexibility index (Phi) is 4.01. The Morgan fingerprint density at radius 2 is 1.84 bits per heavy atom. The molecule has 0 aliphatic carbocycles. The van der Waals surface area contributed by atoms with Crippen molar-refractivity contribution in [2.75, 3.05) is 0 Å². The molecule has 0 unspecified atom stereocenters. The van der Waals surface area contributed by atoms with Gasteiger partial charge in [-0.05, 0) is 30.4 Å². The lowest BCUT2D eigenvalue weighted by atomic mass is 10.1. The fraction of sp³-hybridized carbons (Fsp3) is 0. The molecule has 7 nitrogen and oxygen atoms in total. The summed E-state index contributed by atoms with van der Waals surface area (Å²) in [4.78, 5) is 4.21. The van der Waals surface area contributed by atoms with Crippen molar-refractivity contribution in [1.82, 2.24) is 30.1 Å². The normalized spacial score (nSPS) is 11.2. The van der Waals surface area contributed by atoms with Crippen LogP contribution in [0.5, 0.6) is 0 Å². The maximum absolute atomic E-state index is 5.26. The first kappa shape index (κ1) is 15.2. The molecule has 25 heavy (non-hydrogen) atoms. The van der Waals surface area contributed by atoms with Crippen LogP contribution < -0.4 is 0 Å². The SMILES string of the molecule is S=c1[nH]nc(-c2cc(-c3ccccc3)n[nH]2)n1/N=C/c1ccccn1. The first-order valence-electron chi connectivity index (χ1n) is 7.55. The van der Waals surface area contributed by atoms with Gasteiger partial charge in [-0.2, -0.15) is 20.0 Å². The lowest BCUT2D eigenvalue weighted by molar-refractivity contribution is 0.864. The van der Waals surface area contributed by atoms with E-state index in [0.29, 0.717) is 16.3 Å². The topological polar surface area (TPSA) is 87.5 Å². The summed E-state index contributed by atoms with van der Waals surface area (Å²) in [5.41, 5.74) is 3.28. The van der Waals surface area contributed by atoms with Crippen molar-refractivity contribution in [2.24, 2.45) is 5.10 Å². The monoisotopic (exact) mass is 347 g/mol. The molecule has 3 aromatic heterocycles. The van der Waals surface area contributed by atoms with E-state index in [-0.39, 0.29) is 0 Å². The molecule has 0 atom stereocenters. The third-order valence-electron chi connectivity index (χ3n) is 3.53. The zero-order valence-electron chi connectivity index (χ0n) is 13.0. The molecular weight excluding hydrogens is 334 g/mol. The van der Waals surface area contributed by atoms with Crippen LogP contribution in [0, 0.1) is 4.77 Å². The Morgan fingerprint density at radius 1 is 1.00 bits per heavy atom. The van der Waals surface area contributed by atoms with Crippen LogP contribution in [0.2, 0.25) is 0 Å². The maximum Gasteiger partial charge on any atom is 0.216 e. The predicted molar refractivity (Wildman–Crippen MR) is 97.7 cm³/mol. The largest absolute Gasteiger partial charge is 0.274 e. The van der Waals surface area contributed by atoms with Crippen LogP contribution in [0.25, 0.3) is 22.8 Å². The molecular formula is C17H13N7S. The first-order chi connectivity index (χ1) is 12.3. The van der Waals surface area contributed by atoms with Crippen LogP contribution in [0.1, 0.15) is 5.69 Å². The fourth-order valence-corrected chi connectivity index (χ4v) is 2.51. The van der Waals surface area contributed by atoms with Crippen molar-refractivity contribution >= 4 is 18.4 Å². The number of nitrogens with zero attached hydrogens (tertiary/aromatic N) is 5. The zero-order valence-corrected chi connectivity index (χ0v) is 13.8. The molecule has 4 aromatic rings. The molecule has 8 heteroatoms. The second-order valence-electron chi connectivity index (χ2n) is 5.20. The fourth-order valence-electron chi connectivity index (χ4n) is 2.34. The number of hydrogen-bond donors (Lipinski definition) is 2. The average molecular weight is 347 g/mol. The van der Waals surface area contributed by atoms with Gasteiger partial charge in [-0.25, -0.2) is 5.10 Å². The number of aromatic nitrogens is 6. The second kappa shape index (κ2) is 6.62. The Hall–Kier alpha value is -3.39. The van der Waals surface area contributed by atoms with E-state index in [9.17, 15) is 0 Å². The lowest BCUT2D eigenvalue weighted by Gasteiger charge is -1.97. The van der Waals surface area contributed by atoms with Crippen molar-refractivity contribution in [2.45, 2.75) is 0 Å². The van der Waals surface area contributed by atoms with Crippen LogP contribution >= 0.6 is 12.2 Å². The summed E-state index contributed by atoms with van der Waals surface area (Å²) >= 11 is 5.26. The highest BCUT2D eigenvalue weighted by atomic mass is 32.1. The quantitative estimate of drug-likeness (QED) is 0.438. The van der Waals surface area contributed by atoms with E-state index in [1.165, 1.54) is 4.68 Å². The van der Waals surface area contributed by atoms with E-state index in [1.807, 2.05) is 54.6 Å². The molecule has 0 aliphatic rings. The maximum atomic E-state index is 5.26. The molecule has 122 valence electrons. The Balaban J connectivity index is 1.70. The number of pyridine rings is 1. The standard InChI is InChI=1S/C17H13N7S/c25-17-23-22-16(24(17)19-11-13-8-4-5-9-18-13)15-10-14(20-21-15)12-6-2-1-3-7-12/h1-11H,(H,20,21)(H,23,25)/b19-11+. The molecule has 0 radical (unpaired) electrons. The number of aromatic amines is 2. The van der Waals surface area contributed by atoms with Crippen molar-refractivity contribution in [3.8, 4) is 22.8 Å². The number of H-pyrrole nitrogens is 2. The van der Waals surface area contributed by atoms with Gasteiger partial charge in [-0.15, -0.1) is 0 Å². The van der Waals surface area contributed by atoms with E-state index >= 15 is 0 Å². The Bertz CT molecular complexity index is 1060.